The van der Waals surface area contributed by atoms with E-state index in [9.17, 15) is 14.4 Å². The van der Waals surface area contributed by atoms with Crippen molar-refractivity contribution < 1.29 is 14.4 Å². The molecule has 8 heteroatoms. The van der Waals surface area contributed by atoms with E-state index in [1.165, 1.54) is 34.4 Å². The van der Waals surface area contributed by atoms with E-state index in [0.717, 1.165) is 16.1 Å². The molecular weight excluding hydrogens is 412 g/mol. The molecule has 3 aromatic rings. The van der Waals surface area contributed by atoms with Crippen LogP contribution in [0.25, 0.3) is 0 Å². The molecule has 1 aliphatic heterocycles. The Morgan fingerprint density at radius 2 is 1.68 bits per heavy atom. The van der Waals surface area contributed by atoms with Crippen molar-refractivity contribution in [3.8, 4) is 0 Å². The highest BCUT2D eigenvalue weighted by Crippen LogP contribution is 2.32. The maximum absolute atomic E-state index is 13.1. The van der Waals surface area contributed by atoms with E-state index in [1.54, 1.807) is 0 Å². The number of aromatic nitrogens is 2. The van der Waals surface area contributed by atoms with E-state index >= 15 is 0 Å². The Morgan fingerprint density at radius 1 is 0.968 bits per heavy atom. The summed E-state index contributed by atoms with van der Waals surface area (Å²) in [5, 5.41) is 12.1. The number of amides is 3. The molecule has 3 amide bonds. The largest absolute Gasteiger partial charge is 0.296 e. The summed E-state index contributed by atoms with van der Waals surface area (Å²) >= 11 is 1.31. The summed E-state index contributed by atoms with van der Waals surface area (Å²) in [5.74, 6) is -1.24. The Kier molecular flexibility index (Phi) is 4.97. The van der Waals surface area contributed by atoms with E-state index in [0.29, 0.717) is 10.8 Å². The molecule has 1 aromatic heterocycles. The summed E-state index contributed by atoms with van der Waals surface area (Å²) in [4.78, 5) is 39.9. The fourth-order valence-corrected chi connectivity index (χ4v) is 4.10. The second-order valence-electron chi connectivity index (χ2n) is 8.61. The molecule has 158 valence electrons. The third-order valence-corrected chi connectivity index (χ3v) is 6.31. The number of aryl methyl sites for hydroxylation is 2. The molecule has 0 bridgehead atoms. The third kappa shape index (κ3) is 3.74. The van der Waals surface area contributed by atoms with Crippen LogP contribution >= 0.6 is 11.3 Å². The van der Waals surface area contributed by atoms with Crippen LogP contribution in [0.15, 0.2) is 36.4 Å². The van der Waals surface area contributed by atoms with Crippen LogP contribution in [0.1, 0.15) is 68.0 Å². The molecule has 0 unspecified atom stereocenters. The van der Waals surface area contributed by atoms with Gasteiger partial charge in [-0.1, -0.05) is 44.2 Å². The highest BCUT2D eigenvalue weighted by Gasteiger charge is 2.38. The van der Waals surface area contributed by atoms with Crippen LogP contribution in [0.5, 0.6) is 0 Å². The molecular formula is C23H22N4O3S. The maximum Gasteiger partial charge on any atom is 0.266 e. The number of carbonyl (C=O) groups excluding carboxylic acids is 3. The molecule has 2 aromatic carbocycles. The molecule has 0 aliphatic carbocycles. The number of rotatable bonds is 3. The quantitative estimate of drug-likeness (QED) is 0.613. The topological polar surface area (TPSA) is 92.3 Å². The predicted octanol–water partition coefficient (Wildman–Crippen LogP) is 4.51. The maximum atomic E-state index is 13.1. The zero-order valence-electron chi connectivity index (χ0n) is 17.9. The van der Waals surface area contributed by atoms with Gasteiger partial charge in [-0.3, -0.25) is 19.7 Å². The van der Waals surface area contributed by atoms with E-state index in [2.05, 4.69) is 15.5 Å². The molecule has 1 aliphatic rings. The van der Waals surface area contributed by atoms with Crippen molar-refractivity contribution in [2.45, 2.75) is 40.0 Å². The molecule has 2 heterocycles. The van der Waals surface area contributed by atoms with Gasteiger partial charge < -0.3 is 0 Å². The van der Waals surface area contributed by atoms with Crippen molar-refractivity contribution in [3.63, 3.8) is 0 Å². The lowest BCUT2D eigenvalue weighted by Gasteiger charge is -2.17. The highest BCUT2D eigenvalue weighted by molar-refractivity contribution is 7.15. The van der Waals surface area contributed by atoms with Crippen LogP contribution < -0.4 is 10.2 Å². The van der Waals surface area contributed by atoms with Crippen LogP contribution in [0.4, 0.5) is 10.8 Å². The van der Waals surface area contributed by atoms with E-state index in [1.807, 2.05) is 52.8 Å². The van der Waals surface area contributed by atoms with Gasteiger partial charge in [-0.15, -0.1) is 10.2 Å². The lowest BCUT2D eigenvalue weighted by molar-refractivity contribution is 0.0925. The van der Waals surface area contributed by atoms with Crippen molar-refractivity contribution in [3.05, 3.63) is 69.2 Å². The van der Waals surface area contributed by atoms with Gasteiger partial charge >= 0.3 is 0 Å². The number of fused-ring (bicyclic) bond motifs is 1. The van der Waals surface area contributed by atoms with Crippen LogP contribution in [-0.4, -0.2) is 27.9 Å². The number of anilines is 2. The van der Waals surface area contributed by atoms with E-state index in [4.69, 9.17) is 0 Å². The summed E-state index contributed by atoms with van der Waals surface area (Å²) in [7, 11) is 0. The van der Waals surface area contributed by atoms with Crippen molar-refractivity contribution in [2.24, 2.45) is 0 Å². The minimum Gasteiger partial charge on any atom is -0.296 e. The van der Waals surface area contributed by atoms with E-state index < -0.39 is 11.8 Å². The zero-order valence-corrected chi connectivity index (χ0v) is 18.8. The molecule has 0 fully saturated rings. The van der Waals surface area contributed by atoms with Crippen molar-refractivity contribution >= 4 is 39.9 Å². The van der Waals surface area contributed by atoms with Gasteiger partial charge in [0.1, 0.15) is 5.01 Å². The zero-order chi connectivity index (χ0) is 22.5. The van der Waals surface area contributed by atoms with Gasteiger partial charge in [-0.25, -0.2) is 4.90 Å². The first-order chi connectivity index (χ1) is 14.6. The normalized spacial score (nSPS) is 13.5. The van der Waals surface area contributed by atoms with Gasteiger partial charge in [0.25, 0.3) is 17.7 Å². The van der Waals surface area contributed by atoms with E-state index in [-0.39, 0.29) is 28.0 Å². The molecule has 0 radical (unpaired) electrons. The summed E-state index contributed by atoms with van der Waals surface area (Å²) in [6, 6.07) is 10.1. The van der Waals surface area contributed by atoms with Crippen molar-refractivity contribution in [1.82, 2.24) is 10.2 Å². The first-order valence-electron chi connectivity index (χ1n) is 9.81. The Bertz CT molecular complexity index is 1240. The fourth-order valence-electron chi connectivity index (χ4n) is 3.31. The van der Waals surface area contributed by atoms with Gasteiger partial charge in [0.05, 0.1) is 16.8 Å². The molecule has 0 atom stereocenters. The Balaban J connectivity index is 1.62. The number of carbonyl (C=O) groups is 3. The summed E-state index contributed by atoms with van der Waals surface area (Å²) in [5.41, 5.74) is 2.93. The van der Waals surface area contributed by atoms with Crippen LogP contribution in [0.3, 0.4) is 0 Å². The first-order valence-corrected chi connectivity index (χ1v) is 10.6. The van der Waals surface area contributed by atoms with Gasteiger partial charge in [0.15, 0.2) is 0 Å². The van der Waals surface area contributed by atoms with Gasteiger partial charge in [-0.2, -0.15) is 0 Å². The molecule has 0 saturated heterocycles. The average molecular weight is 435 g/mol. The fraction of sp³-hybridized carbons (Fsp3) is 0.261. The first kappa shape index (κ1) is 20.9. The minimum absolute atomic E-state index is 0.168. The summed E-state index contributed by atoms with van der Waals surface area (Å²) < 4.78 is 0. The Labute approximate surface area is 184 Å². The Morgan fingerprint density at radius 3 is 2.35 bits per heavy atom. The van der Waals surface area contributed by atoms with Gasteiger partial charge in [0.2, 0.25) is 5.13 Å². The highest BCUT2D eigenvalue weighted by atomic mass is 32.1. The number of imide groups is 1. The van der Waals surface area contributed by atoms with Crippen molar-refractivity contribution in [2.75, 3.05) is 10.2 Å². The molecule has 31 heavy (non-hydrogen) atoms. The van der Waals surface area contributed by atoms with Gasteiger partial charge in [0, 0.05) is 11.0 Å². The molecule has 1 N–H and O–H groups in total. The number of nitrogens with zero attached hydrogens (tertiary/aromatic N) is 3. The lowest BCUT2D eigenvalue weighted by atomic mass is 9.98. The molecule has 0 saturated carbocycles. The number of hydrogen-bond acceptors (Lipinski definition) is 6. The molecule has 7 nitrogen and oxygen atoms in total. The van der Waals surface area contributed by atoms with Crippen molar-refractivity contribution in [1.29, 1.82) is 0 Å². The Hall–Kier alpha value is -3.39. The van der Waals surface area contributed by atoms with Crippen LogP contribution in [-0.2, 0) is 5.41 Å². The second kappa shape index (κ2) is 7.39. The average Bonchev–Trinajstić information content (AvgIpc) is 3.27. The molecule has 4 rings (SSSR count). The number of nitrogens with one attached hydrogen (secondary N) is 1. The monoisotopic (exact) mass is 434 g/mol. The third-order valence-electron chi connectivity index (χ3n) is 5.04. The summed E-state index contributed by atoms with van der Waals surface area (Å²) in [6.07, 6.45) is 0. The van der Waals surface area contributed by atoms with Crippen LogP contribution in [0, 0.1) is 13.8 Å². The lowest BCUT2D eigenvalue weighted by Crippen LogP contribution is -2.30. The van der Waals surface area contributed by atoms with Gasteiger partial charge in [-0.05, 0) is 49.2 Å². The smallest absolute Gasteiger partial charge is 0.266 e. The predicted molar refractivity (Wildman–Crippen MR) is 120 cm³/mol. The standard InChI is InChI=1S/C23H22N4O3S/c1-12-6-7-13(2)17(10-12)27-19(29)15-9-8-14(11-16(15)20(27)30)18(28)24-22-26-25-21(31-22)23(3,4)5/h6-11H,1-5H3,(H,24,26,28). The summed E-state index contributed by atoms with van der Waals surface area (Å²) in [6.45, 7) is 9.81. The minimum atomic E-state index is -0.436. The second-order valence-corrected chi connectivity index (χ2v) is 9.59. The molecule has 0 spiro atoms. The number of hydrogen-bond donors (Lipinski definition) is 1. The van der Waals surface area contributed by atoms with Crippen LogP contribution in [0.2, 0.25) is 0 Å². The SMILES string of the molecule is Cc1ccc(C)c(N2C(=O)c3ccc(C(=O)Nc4nnc(C(C)(C)C)s4)cc3C2=O)c1. The number of benzene rings is 2.